The number of likely N-dealkylation sites (N-methyl/N-ethyl adjacent to an activating group) is 1. The Morgan fingerprint density at radius 1 is 1.36 bits per heavy atom. The molecule has 124 valence electrons. The Balaban J connectivity index is 0.00000242. The minimum absolute atomic E-state index is 0. The molecule has 4 nitrogen and oxygen atoms in total. The lowest BCUT2D eigenvalue weighted by atomic mass is 10.0. The summed E-state index contributed by atoms with van der Waals surface area (Å²) in [4.78, 5) is 14.6. The number of nitrogens with zero attached hydrogens (tertiary/aromatic N) is 1. The van der Waals surface area contributed by atoms with Crippen LogP contribution in [0.25, 0.3) is 0 Å². The van der Waals surface area contributed by atoms with Crippen molar-refractivity contribution in [3.63, 3.8) is 0 Å². The van der Waals surface area contributed by atoms with Gasteiger partial charge in [0.05, 0.1) is 6.54 Å². The summed E-state index contributed by atoms with van der Waals surface area (Å²) >= 11 is 0. The molecule has 1 atom stereocenters. The Morgan fingerprint density at radius 3 is 2.77 bits per heavy atom. The number of nitrogens with one attached hydrogen (secondary N) is 2. The van der Waals surface area contributed by atoms with Crippen molar-refractivity contribution >= 4 is 24.0 Å². The van der Waals surface area contributed by atoms with Gasteiger partial charge in [-0.2, -0.15) is 0 Å². The number of halogens is 1. The molecule has 1 fully saturated rings. The van der Waals surface area contributed by atoms with Gasteiger partial charge >= 0.3 is 0 Å². The summed E-state index contributed by atoms with van der Waals surface area (Å²) in [5.74, 6) is 0.497. The second-order valence-electron chi connectivity index (χ2n) is 6.11. The minimum Gasteiger partial charge on any atom is -0.325 e. The van der Waals surface area contributed by atoms with Gasteiger partial charge in [-0.15, -0.1) is 12.4 Å². The van der Waals surface area contributed by atoms with Crippen LogP contribution in [0.2, 0.25) is 0 Å². The van der Waals surface area contributed by atoms with E-state index in [2.05, 4.69) is 35.4 Å². The van der Waals surface area contributed by atoms with Crippen molar-refractivity contribution < 1.29 is 4.79 Å². The Labute approximate surface area is 140 Å². The molecule has 0 radical (unpaired) electrons. The van der Waals surface area contributed by atoms with Gasteiger partial charge in [0, 0.05) is 18.3 Å². The quantitative estimate of drug-likeness (QED) is 0.845. The molecule has 2 N–H and O–H groups in total. The first-order chi connectivity index (χ1) is 10.1. The van der Waals surface area contributed by atoms with E-state index in [1.165, 1.54) is 18.4 Å². The van der Waals surface area contributed by atoms with Crippen molar-refractivity contribution in [2.24, 2.45) is 0 Å². The Hall–Kier alpha value is -1.10. The molecule has 0 spiro atoms. The van der Waals surface area contributed by atoms with Crippen LogP contribution in [0.5, 0.6) is 0 Å². The normalized spacial score (nSPS) is 18.3. The fourth-order valence-electron chi connectivity index (χ4n) is 3.06. The zero-order valence-electron chi connectivity index (χ0n) is 13.8. The smallest absolute Gasteiger partial charge is 0.238 e. The van der Waals surface area contributed by atoms with Gasteiger partial charge in [-0.25, -0.2) is 0 Å². The number of amides is 1. The summed E-state index contributed by atoms with van der Waals surface area (Å²) in [6.07, 6.45) is 2.36. The van der Waals surface area contributed by atoms with E-state index in [1.807, 2.05) is 25.2 Å². The van der Waals surface area contributed by atoms with Gasteiger partial charge in [-0.05, 0) is 44.0 Å². The summed E-state index contributed by atoms with van der Waals surface area (Å²) in [5, 5.41) is 6.29. The highest BCUT2D eigenvalue weighted by Crippen LogP contribution is 2.24. The molecule has 5 heteroatoms. The predicted octanol–water partition coefficient (Wildman–Crippen LogP) is 2.85. The molecule has 0 bridgehead atoms. The molecule has 1 aliphatic rings. The van der Waals surface area contributed by atoms with Crippen LogP contribution >= 0.6 is 12.4 Å². The maximum Gasteiger partial charge on any atom is 0.238 e. The fraction of sp³-hybridized carbons (Fsp3) is 0.588. The first-order valence-electron chi connectivity index (χ1n) is 7.89. The lowest BCUT2D eigenvalue weighted by molar-refractivity contribution is -0.117. The average molecular weight is 326 g/mol. The largest absolute Gasteiger partial charge is 0.325 e. The monoisotopic (exact) mass is 325 g/mol. The number of carbonyl (C=O) groups excluding carboxylic acids is 1. The Morgan fingerprint density at radius 2 is 2.09 bits per heavy atom. The Kier molecular flexibility index (Phi) is 7.87. The van der Waals surface area contributed by atoms with Crippen molar-refractivity contribution in [3.05, 3.63) is 29.8 Å². The number of rotatable bonds is 6. The molecular weight excluding hydrogens is 298 g/mol. The number of benzene rings is 1. The van der Waals surface area contributed by atoms with E-state index >= 15 is 0 Å². The number of hydrogen-bond donors (Lipinski definition) is 2. The van der Waals surface area contributed by atoms with E-state index < -0.39 is 0 Å². The van der Waals surface area contributed by atoms with Gasteiger partial charge in [-0.1, -0.05) is 32.0 Å². The number of hydrogen-bond acceptors (Lipinski definition) is 3. The molecule has 1 aliphatic heterocycles. The third-order valence-corrected chi connectivity index (χ3v) is 4.14. The van der Waals surface area contributed by atoms with Crippen LogP contribution in [0.4, 0.5) is 5.69 Å². The summed E-state index contributed by atoms with van der Waals surface area (Å²) < 4.78 is 0. The van der Waals surface area contributed by atoms with E-state index in [0.717, 1.165) is 18.8 Å². The number of para-hydroxylation sites is 1. The SMILES string of the molecule is CNCC1CCCN1CC(=O)Nc1ccccc1C(C)C.Cl. The van der Waals surface area contributed by atoms with Crippen molar-refractivity contribution in [3.8, 4) is 0 Å². The van der Waals surface area contributed by atoms with Crippen molar-refractivity contribution in [1.82, 2.24) is 10.2 Å². The van der Waals surface area contributed by atoms with Crippen LogP contribution in [-0.2, 0) is 4.79 Å². The molecule has 1 aromatic carbocycles. The second-order valence-corrected chi connectivity index (χ2v) is 6.11. The van der Waals surface area contributed by atoms with E-state index in [0.29, 0.717) is 18.5 Å². The van der Waals surface area contributed by atoms with Crippen molar-refractivity contribution in [1.29, 1.82) is 0 Å². The first kappa shape index (κ1) is 18.9. The number of likely N-dealkylation sites (tertiary alicyclic amines) is 1. The molecule has 2 rings (SSSR count). The van der Waals surface area contributed by atoms with Crippen molar-refractivity contribution in [2.45, 2.75) is 38.6 Å². The highest BCUT2D eigenvalue weighted by atomic mass is 35.5. The predicted molar refractivity (Wildman–Crippen MR) is 94.9 cm³/mol. The molecule has 1 amide bonds. The maximum absolute atomic E-state index is 12.3. The van der Waals surface area contributed by atoms with Gasteiger partial charge < -0.3 is 10.6 Å². The Bertz CT molecular complexity index is 479. The first-order valence-corrected chi connectivity index (χ1v) is 7.89. The van der Waals surface area contributed by atoms with Crippen LogP contribution in [0.1, 0.15) is 38.2 Å². The third-order valence-electron chi connectivity index (χ3n) is 4.14. The molecule has 22 heavy (non-hydrogen) atoms. The van der Waals surface area contributed by atoms with Crippen LogP contribution in [0.15, 0.2) is 24.3 Å². The minimum atomic E-state index is 0. The van der Waals surface area contributed by atoms with Crippen LogP contribution in [0, 0.1) is 0 Å². The molecular formula is C17H28ClN3O. The standard InChI is InChI=1S/C17H27N3O.ClH/c1-13(2)15-8-4-5-9-16(15)19-17(21)12-20-10-6-7-14(20)11-18-3;/h4-5,8-9,13-14,18H,6-7,10-12H2,1-3H3,(H,19,21);1H. The lowest BCUT2D eigenvalue weighted by Gasteiger charge is -2.24. The summed E-state index contributed by atoms with van der Waals surface area (Å²) in [6, 6.07) is 8.55. The van der Waals surface area contributed by atoms with E-state index in [9.17, 15) is 4.79 Å². The molecule has 0 aliphatic carbocycles. The number of carbonyl (C=O) groups is 1. The molecule has 1 unspecified atom stereocenters. The maximum atomic E-state index is 12.3. The lowest BCUT2D eigenvalue weighted by Crippen LogP contribution is -2.41. The van der Waals surface area contributed by atoms with Gasteiger partial charge in [0.2, 0.25) is 5.91 Å². The van der Waals surface area contributed by atoms with E-state index in [-0.39, 0.29) is 18.3 Å². The summed E-state index contributed by atoms with van der Waals surface area (Å²) in [5.41, 5.74) is 2.14. The molecule has 1 heterocycles. The fourth-order valence-corrected chi connectivity index (χ4v) is 3.06. The average Bonchev–Trinajstić information content (AvgIpc) is 2.86. The highest BCUT2D eigenvalue weighted by molar-refractivity contribution is 5.93. The highest BCUT2D eigenvalue weighted by Gasteiger charge is 2.25. The number of anilines is 1. The van der Waals surface area contributed by atoms with Gasteiger partial charge in [0.15, 0.2) is 0 Å². The van der Waals surface area contributed by atoms with Crippen LogP contribution < -0.4 is 10.6 Å². The van der Waals surface area contributed by atoms with Gasteiger partial charge in [0.1, 0.15) is 0 Å². The van der Waals surface area contributed by atoms with Gasteiger partial charge in [-0.3, -0.25) is 9.69 Å². The summed E-state index contributed by atoms with van der Waals surface area (Å²) in [7, 11) is 1.97. The zero-order chi connectivity index (χ0) is 15.2. The third kappa shape index (κ3) is 4.97. The topological polar surface area (TPSA) is 44.4 Å². The van der Waals surface area contributed by atoms with Gasteiger partial charge in [0.25, 0.3) is 0 Å². The molecule has 1 saturated heterocycles. The molecule has 1 aromatic rings. The summed E-state index contributed by atoms with van der Waals surface area (Å²) in [6.45, 7) is 6.75. The van der Waals surface area contributed by atoms with Crippen LogP contribution in [-0.4, -0.2) is 43.5 Å². The van der Waals surface area contributed by atoms with Crippen molar-refractivity contribution in [2.75, 3.05) is 32.0 Å². The molecule has 0 saturated carbocycles. The van der Waals surface area contributed by atoms with Crippen LogP contribution in [0.3, 0.4) is 0 Å². The van der Waals surface area contributed by atoms with E-state index in [4.69, 9.17) is 0 Å². The zero-order valence-corrected chi connectivity index (χ0v) is 14.6. The second kappa shape index (κ2) is 9.13. The van der Waals surface area contributed by atoms with E-state index in [1.54, 1.807) is 0 Å². The molecule has 0 aromatic heterocycles.